The highest BCUT2D eigenvalue weighted by Gasteiger charge is 1.94. The fourth-order valence-electron chi connectivity index (χ4n) is 1.72. The van der Waals surface area contributed by atoms with Crippen molar-refractivity contribution >= 4 is 14.2 Å². The summed E-state index contributed by atoms with van der Waals surface area (Å²) >= 11 is 0. The lowest BCUT2D eigenvalue weighted by Crippen LogP contribution is -2.16. The van der Waals surface area contributed by atoms with Gasteiger partial charge in [0.25, 0.3) is 0 Å². The fraction of sp³-hybridized carbons (Fsp3) is 0.400. The number of rotatable bonds is 4. The maximum absolute atomic E-state index is 7.61. The molecule has 0 atom stereocenters. The molecule has 0 bridgehead atoms. The van der Waals surface area contributed by atoms with Gasteiger partial charge in [-0.25, -0.2) is 0 Å². The second kappa shape index (κ2) is 19.1. The summed E-state index contributed by atoms with van der Waals surface area (Å²) in [6, 6.07) is 21.0. The Morgan fingerprint density at radius 2 is 1.04 bits per heavy atom. The summed E-state index contributed by atoms with van der Waals surface area (Å²) in [5.41, 5.74) is 2.80. The minimum Gasteiger partial charge on any atom is -0.427 e. The third kappa shape index (κ3) is 24.4. The molecule has 2 aromatic rings. The Morgan fingerprint density at radius 3 is 1.30 bits per heavy atom. The van der Waals surface area contributed by atoms with E-state index in [1.54, 1.807) is 0 Å². The molecule has 2 rings (SSSR count). The van der Waals surface area contributed by atoms with Crippen molar-refractivity contribution in [1.29, 1.82) is 0 Å². The van der Waals surface area contributed by atoms with E-state index in [9.17, 15) is 0 Å². The molecule has 0 aromatic heterocycles. The Kier molecular flexibility index (Phi) is 19.6. The maximum Gasteiger partial charge on any atom is 0.448 e. The standard InChI is InChI=1S/C10H15N.C8H10.2CH5BO2/c1-3-11(2)9-10-7-5-4-6-8-10;1-2-8-6-4-3-5-7-8;2*1-2(3)4/h4-8H,3,9H2,1-2H3;3-7H,2H2,1H3;2*3-4H,1H3. The molecule has 2 aromatic carbocycles. The summed E-state index contributed by atoms with van der Waals surface area (Å²) in [6.45, 7) is 9.05. The Balaban J connectivity index is 0. The molecule has 27 heavy (non-hydrogen) atoms. The molecular weight excluding hydrogens is 340 g/mol. The lowest BCUT2D eigenvalue weighted by Gasteiger charge is -2.12. The average Bonchev–Trinajstić information content (AvgIpc) is 2.63. The molecule has 150 valence electrons. The van der Waals surface area contributed by atoms with E-state index in [2.05, 4.69) is 80.4 Å². The molecule has 0 unspecified atom stereocenters. The first-order chi connectivity index (χ1) is 12.7. The Bertz CT molecular complexity index is 517. The van der Waals surface area contributed by atoms with Gasteiger partial charge in [-0.05, 0) is 44.8 Å². The van der Waals surface area contributed by atoms with Crippen molar-refractivity contribution in [2.75, 3.05) is 13.6 Å². The van der Waals surface area contributed by atoms with Crippen LogP contribution in [0.3, 0.4) is 0 Å². The van der Waals surface area contributed by atoms with Crippen LogP contribution in [0, 0.1) is 0 Å². The molecule has 0 saturated heterocycles. The van der Waals surface area contributed by atoms with Crippen molar-refractivity contribution in [2.45, 2.75) is 40.5 Å². The van der Waals surface area contributed by atoms with Gasteiger partial charge in [-0.2, -0.15) is 0 Å². The van der Waals surface area contributed by atoms with Crippen LogP contribution in [0.1, 0.15) is 25.0 Å². The number of hydrogen-bond acceptors (Lipinski definition) is 5. The summed E-state index contributed by atoms with van der Waals surface area (Å²) in [7, 11) is -0.201. The van der Waals surface area contributed by atoms with Crippen LogP contribution >= 0.6 is 0 Å². The first-order valence-corrected chi connectivity index (χ1v) is 9.21. The topological polar surface area (TPSA) is 84.2 Å². The number of nitrogens with zero attached hydrogens (tertiary/aromatic N) is 1. The average molecular weight is 375 g/mol. The van der Waals surface area contributed by atoms with Gasteiger partial charge in [-0.3, -0.25) is 0 Å². The number of hydrogen-bond donors (Lipinski definition) is 4. The zero-order valence-electron chi connectivity index (χ0n) is 17.3. The third-order valence-electron chi connectivity index (χ3n) is 3.09. The van der Waals surface area contributed by atoms with E-state index >= 15 is 0 Å². The Hall–Kier alpha value is -1.63. The normalized spacial score (nSPS) is 8.96. The van der Waals surface area contributed by atoms with E-state index in [0.29, 0.717) is 0 Å². The fourth-order valence-corrected chi connectivity index (χ4v) is 1.72. The van der Waals surface area contributed by atoms with Crippen molar-refractivity contribution in [1.82, 2.24) is 4.90 Å². The van der Waals surface area contributed by atoms with Crippen LogP contribution < -0.4 is 0 Å². The minimum atomic E-state index is -1.17. The SMILES string of the molecule is CB(O)O.CB(O)O.CCN(C)Cc1ccccc1.CCc1ccccc1. The second-order valence-corrected chi connectivity index (χ2v) is 5.92. The van der Waals surface area contributed by atoms with Gasteiger partial charge in [-0.1, -0.05) is 74.5 Å². The van der Waals surface area contributed by atoms with E-state index in [4.69, 9.17) is 20.1 Å². The smallest absolute Gasteiger partial charge is 0.427 e. The van der Waals surface area contributed by atoms with Crippen LogP contribution in [0.4, 0.5) is 0 Å². The quantitative estimate of drug-likeness (QED) is 0.618. The van der Waals surface area contributed by atoms with Crippen LogP contribution in [0.15, 0.2) is 60.7 Å². The van der Waals surface area contributed by atoms with Gasteiger partial charge in [0.2, 0.25) is 0 Å². The van der Waals surface area contributed by atoms with Crippen molar-refractivity contribution in [2.24, 2.45) is 0 Å². The van der Waals surface area contributed by atoms with Gasteiger partial charge in [0.1, 0.15) is 0 Å². The molecule has 5 nitrogen and oxygen atoms in total. The van der Waals surface area contributed by atoms with Crippen LogP contribution in [0.2, 0.25) is 13.6 Å². The molecule has 0 saturated carbocycles. The van der Waals surface area contributed by atoms with E-state index in [1.807, 2.05) is 6.07 Å². The van der Waals surface area contributed by atoms with Crippen molar-refractivity contribution < 1.29 is 20.1 Å². The maximum atomic E-state index is 7.61. The van der Waals surface area contributed by atoms with Gasteiger partial charge in [-0.15, -0.1) is 0 Å². The van der Waals surface area contributed by atoms with Crippen LogP contribution in [0.25, 0.3) is 0 Å². The molecule has 0 aliphatic rings. The molecule has 0 heterocycles. The first kappa shape index (κ1) is 27.6. The summed E-state index contributed by atoms with van der Waals surface area (Å²) in [4.78, 5) is 2.29. The molecule has 0 fully saturated rings. The number of benzene rings is 2. The predicted molar refractivity (Wildman–Crippen MR) is 116 cm³/mol. The number of aryl methyl sites for hydroxylation is 1. The zero-order chi connectivity index (χ0) is 21.1. The third-order valence-corrected chi connectivity index (χ3v) is 3.09. The molecule has 7 heteroatoms. The Morgan fingerprint density at radius 1 is 0.704 bits per heavy atom. The monoisotopic (exact) mass is 375 g/mol. The molecule has 0 aliphatic heterocycles. The van der Waals surface area contributed by atoms with E-state index in [1.165, 1.54) is 24.8 Å². The van der Waals surface area contributed by atoms with Gasteiger partial charge >= 0.3 is 14.2 Å². The van der Waals surface area contributed by atoms with Gasteiger partial charge in [0.05, 0.1) is 0 Å². The summed E-state index contributed by atoms with van der Waals surface area (Å²) in [6.07, 6.45) is 1.14. The van der Waals surface area contributed by atoms with Crippen molar-refractivity contribution in [3.05, 3.63) is 71.8 Å². The largest absolute Gasteiger partial charge is 0.448 e. The Labute approximate surface area is 165 Å². The van der Waals surface area contributed by atoms with Crippen LogP contribution in [-0.4, -0.2) is 52.8 Å². The van der Waals surface area contributed by atoms with Gasteiger partial charge < -0.3 is 25.0 Å². The molecule has 4 N–H and O–H groups in total. The van der Waals surface area contributed by atoms with E-state index in [0.717, 1.165) is 19.5 Å². The van der Waals surface area contributed by atoms with Gasteiger partial charge in [0.15, 0.2) is 0 Å². The molecular formula is C20H35B2NO4. The van der Waals surface area contributed by atoms with E-state index in [-0.39, 0.29) is 0 Å². The molecule has 0 aliphatic carbocycles. The lowest BCUT2D eigenvalue weighted by molar-refractivity contribution is 0.346. The van der Waals surface area contributed by atoms with Crippen LogP contribution in [-0.2, 0) is 13.0 Å². The lowest BCUT2D eigenvalue weighted by atomic mass is 9.99. The summed E-state index contributed by atoms with van der Waals surface area (Å²) in [5.74, 6) is 0. The van der Waals surface area contributed by atoms with Gasteiger partial charge in [0, 0.05) is 6.54 Å². The molecule has 0 radical (unpaired) electrons. The first-order valence-electron chi connectivity index (χ1n) is 9.21. The van der Waals surface area contributed by atoms with Crippen LogP contribution in [0.5, 0.6) is 0 Å². The predicted octanol–water partition coefficient (Wildman–Crippen LogP) is 2.57. The summed E-state index contributed by atoms with van der Waals surface area (Å²) in [5, 5.41) is 30.4. The zero-order valence-corrected chi connectivity index (χ0v) is 17.3. The van der Waals surface area contributed by atoms with Crippen molar-refractivity contribution in [3.8, 4) is 0 Å². The molecule has 0 spiro atoms. The highest BCUT2D eigenvalue weighted by atomic mass is 16.4. The second-order valence-electron chi connectivity index (χ2n) is 5.92. The molecule has 0 amide bonds. The van der Waals surface area contributed by atoms with Crippen molar-refractivity contribution in [3.63, 3.8) is 0 Å². The highest BCUT2D eigenvalue weighted by molar-refractivity contribution is 6.39. The summed E-state index contributed by atoms with van der Waals surface area (Å²) < 4.78 is 0. The minimum absolute atomic E-state index is 1.05. The van der Waals surface area contributed by atoms with E-state index < -0.39 is 14.2 Å². The highest BCUT2D eigenvalue weighted by Crippen LogP contribution is 2.01.